The van der Waals surface area contributed by atoms with Crippen molar-refractivity contribution >= 4 is 5.69 Å². The van der Waals surface area contributed by atoms with E-state index in [-0.39, 0.29) is 0 Å². The molecule has 1 fully saturated rings. The molecule has 3 N–H and O–H groups in total. The Bertz CT molecular complexity index is 419. The molecule has 0 unspecified atom stereocenters. The summed E-state index contributed by atoms with van der Waals surface area (Å²) in [7, 11) is 2.21. The fourth-order valence-corrected chi connectivity index (χ4v) is 3.37. The quantitative estimate of drug-likeness (QED) is 0.770. The summed E-state index contributed by atoms with van der Waals surface area (Å²) in [4.78, 5) is 2.42. The van der Waals surface area contributed by atoms with Gasteiger partial charge in [-0.25, -0.2) is 0 Å². The number of benzene rings is 1. The molecule has 0 aliphatic carbocycles. The largest absolute Gasteiger partial charge is 0.384 e. The number of fused-ring (bicyclic) bond motifs is 2. The van der Waals surface area contributed by atoms with Crippen molar-refractivity contribution in [1.29, 1.82) is 0 Å². The molecule has 0 bridgehead atoms. The average Bonchev–Trinajstić information content (AvgIpc) is 2.73. The maximum Gasteiger partial charge on any atom is 0.0382 e. The Balaban J connectivity index is 2.02. The fourth-order valence-electron chi connectivity index (χ4n) is 3.37. The first kappa shape index (κ1) is 11.1. The second-order valence-electron chi connectivity index (χ2n) is 5.48. The summed E-state index contributed by atoms with van der Waals surface area (Å²) in [6.45, 7) is 4.13. The third-order valence-corrected chi connectivity index (χ3v) is 4.46. The molecule has 0 radical (unpaired) electrons. The van der Waals surface area contributed by atoms with E-state index in [0.717, 1.165) is 6.54 Å². The molecule has 3 rings (SSSR count). The number of anilines is 1. The van der Waals surface area contributed by atoms with E-state index in [2.05, 4.69) is 35.5 Å². The zero-order chi connectivity index (χ0) is 11.9. The first-order chi connectivity index (χ1) is 8.25. The first-order valence-electron chi connectivity index (χ1n) is 6.50. The van der Waals surface area contributed by atoms with E-state index in [1.54, 1.807) is 0 Å². The van der Waals surface area contributed by atoms with Crippen molar-refractivity contribution in [1.82, 2.24) is 4.90 Å². The van der Waals surface area contributed by atoms with Crippen LogP contribution in [0.1, 0.15) is 24.0 Å². The molecule has 92 valence electrons. The van der Waals surface area contributed by atoms with Gasteiger partial charge in [0.2, 0.25) is 0 Å². The van der Waals surface area contributed by atoms with Crippen LogP contribution < -0.4 is 11.1 Å². The van der Waals surface area contributed by atoms with E-state index < -0.39 is 0 Å². The number of rotatable bonds is 1. The van der Waals surface area contributed by atoms with Gasteiger partial charge < -0.3 is 16.0 Å². The zero-order valence-corrected chi connectivity index (χ0v) is 10.5. The Morgan fingerprint density at radius 1 is 1.35 bits per heavy atom. The summed E-state index contributed by atoms with van der Waals surface area (Å²) in [5.74, 6) is 0. The lowest BCUT2D eigenvalue weighted by Gasteiger charge is -2.38. The molecule has 2 aliphatic rings. The number of hydrogen-bond donors (Lipinski definition) is 2. The molecule has 0 amide bonds. The highest BCUT2D eigenvalue weighted by molar-refractivity contribution is 5.63. The minimum absolute atomic E-state index is 0.345. The standard InChI is InChI=1S/C14H21N3/c1-17-7-5-14(6-8-17)10-16-12-4-2-3-11(9-15)13(12)14/h2-4,16H,5-10,15H2,1H3. The lowest BCUT2D eigenvalue weighted by molar-refractivity contribution is 0.199. The third kappa shape index (κ3) is 1.65. The maximum absolute atomic E-state index is 5.90. The Morgan fingerprint density at radius 3 is 2.82 bits per heavy atom. The van der Waals surface area contributed by atoms with E-state index in [1.165, 1.54) is 42.7 Å². The van der Waals surface area contributed by atoms with E-state index in [0.29, 0.717) is 12.0 Å². The normalized spacial score (nSPS) is 22.5. The molecule has 3 nitrogen and oxygen atoms in total. The predicted octanol–water partition coefficient (Wildman–Crippen LogP) is 1.53. The van der Waals surface area contributed by atoms with Gasteiger partial charge in [0.1, 0.15) is 0 Å². The highest BCUT2D eigenvalue weighted by atomic mass is 15.1. The van der Waals surface area contributed by atoms with Crippen LogP contribution in [0.25, 0.3) is 0 Å². The maximum atomic E-state index is 5.90. The molecule has 17 heavy (non-hydrogen) atoms. The van der Waals surface area contributed by atoms with Gasteiger partial charge in [0.25, 0.3) is 0 Å². The number of piperidine rings is 1. The number of nitrogens with zero attached hydrogens (tertiary/aromatic N) is 1. The first-order valence-corrected chi connectivity index (χ1v) is 6.50. The van der Waals surface area contributed by atoms with Crippen LogP contribution in [0, 0.1) is 0 Å². The van der Waals surface area contributed by atoms with E-state index in [9.17, 15) is 0 Å². The van der Waals surface area contributed by atoms with Crippen molar-refractivity contribution < 1.29 is 0 Å². The van der Waals surface area contributed by atoms with Gasteiger partial charge in [0.15, 0.2) is 0 Å². The summed E-state index contributed by atoms with van der Waals surface area (Å²) < 4.78 is 0. The van der Waals surface area contributed by atoms with Crippen LogP contribution in [-0.2, 0) is 12.0 Å². The third-order valence-electron chi connectivity index (χ3n) is 4.46. The van der Waals surface area contributed by atoms with Gasteiger partial charge >= 0.3 is 0 Å². The van der Waals surface area contributed by atoms with E-state index in [1.807, 2.05) is 0 Å². The second kappa shape index (κ2) is 4.00. The van der Waals surface area contributed by atoms with Crippen molar-refractivity contribution in [3.05, 3.63) is 29.3 Å². The Hall–Kier alpha value is -1.06. The van der Waals surface area contributed by atoms with Crippen molar-refractivity contribution in [3.8, 4) is 0 Å². The van der Waals surface area contributed by atoms with Crippen LogP contribution in [0.2, 0.25) is 0 Å². The Labute approximate surface area is 103 Å². The topological polar surface area (TPSA) is 41.3 Å². The highest BCUT2D eigenvalue weighted by Crippen LogP contribution is 2.45. The number of nitrogens with one attached hydrogen (secondary N) is 1. The lowest BCUT2D eigenvalue weighted by Crippen LogP contribution is -2.42. The minimum atomic E-state index is 0.345. The van der Waals surface area contributed by atoms with Gasteiger partial charge in [0.05, 0.1) is 0 Å². The zero-order valence-electron chi connectivity index (χ0n) is 10.5. The molecule has 1 aromatic carbocycles. The van der Waals surface area contributed by atoms with Crippen molar-refractivity contribution in [2.45, 2.75) is 24.8 Å². The monoisotopic (exact) mass is 231 g/mol. The Kier molecular flexibility index (Phi) is 2.60. The summed E-state index contributed by atoms with van der Waals surface area (Å²) in [5, 5.41) is 3.58. The number of likely N-dealkylation sites (tertiary alicyclic amines) is 1. The van der Waals surface area contributed by atoms with Crippen molar-refractivity contribution in [2.75, 3.05) is 32.0 Å². The Morgan fingerprint density at radius 2 is 2.12 bits per heavy atom. The molecule has 0 aromatic heterocycles. The van der Waals surface area contributed by atoms with Gasteiger partial charge in [-0.1, -0.05) is 12.1 Å². The average molecular weight is 231 g/mol. The fraction of sp³-hybridized carbons (Fsp3) is 0.571. The van der Waals surface area contributed by atoms with Crippen LogP contribution in [0.4, 0.5) is 5.69 Å². The smallest absolute Gasteiger partial charge is 0.0382 e. The molecule has 1 aromatic rings. The second-order valence-corrected chi connectivity index (χ2v) is 5.48. The molecule has 2 aliphatic heterocycles. The molecule has 1 spiro atoms. The van der Waals surface area contributed by atoms with Crippen LogP contribution in [0.5, 0.6) is 0 Å². The molecule has 2 heterocycles. The summed E-state index contributed by atoms with van der Waals surface area (Å²) in [5.41, 5.74) is 10.4. The summed E-state index contributed by atoms with van der Waals surface area (Å²) in [6, 6.07) is 6.50. The highest BCUT2D eigenvalue weighted by Gasteiger charge is 2.41. The molecule has 0 atom stereocenters. The molecular weight excluding hydrogens is 210 g/mol. The summed E-state index contributed by atoms with van der Waals surface area (Å²) >= 11 is 0. The molecule has 0 saturated carbocycles. The van der Waals surface area contributed by atoms with Crippen LogP contribution in [0.3, 0.4) is 0 Å². The van der Waals surface area contributed by atoms with Gasteiger partial charge in [-0.2, -0.15) is 0 Å². The summed E-state index contributed by atoms with van der Waals surface area (Å²) in [6.07, 6.45) is 2.50. The van der Waals surface area contributed by atoms with E-state index >= 15 is 0 Å². The lowest BCUT2D eigenvalue weighted by atomic mass is 9.72. The number of hydrogen-bond acceptors (Lipinski definition) is 3. The predicted molar refractivity (Wildman–Crippen MR) is 71.2 cm³/mol. The SMILES string of the molecule is CN1CCC2(CC1)CNc1cccc(CN)c12. The molecular formula is C14H21N3. The van der Waals surface area contributed by atoms with Crippen LogP contribution >= 0.6 is 0 Å². The van der Waals surface area contributed by atoms with E-state index in [4.69, 9.17) is 5.73 Å². The van der Waals surface area contributed by atoms with Gasteiger partial charge in [-0.05, 0) is 50.2 Å². The van der Waals surface area contributed by atoms with Crippen molar-refractivity contribution in [2.24, 2.45) is 5.73 Å². The van der Waals surface area contributed by atoms with Crippen LogP contribution in [-0.4, -0.2) is 31.6 Å². The van der Waals surface area contributed by atoms with Crippen molar-refractivity contribution in [3.63, 3.8) is 0 Å². The van der Waals surface area contributed by atoms with Crippen LogP contribution in [0.15, 0.2) is 18.2 Å². The minimum Gasteiger partial charge on any atom is -0.384 e. The molecule has 3 heteroatoms. The van der Waals surface area contributed by atoms with Gasteiger partial charge in [-0.3, -0.25) is 0 Å². The van der Waals surface area contributed by atoms with Gasteiger partial charge in [-0.15, -0.1) is 0 Å². The van der Waals surface area contributed by atoms with Gasteiger partial charge in [0, 0.05) is 24.2 Å². The molecule has 1 saturated heterocycles. The number of nitrogens with two attached hydrogens (primary N) is 1.